The Morgan fingerprint density at radius 1 is 1.05 bits per heavy atom. The van der Waals surface area contributed by atoms with Gasteiger partial charge in [-0.05, 0) is 49.4 Å². The maximum Gasteiger partial charge on any atom is 0.128 e. The van der Waals surface area contributed by atoms with Crippen molar-refractivity contribution < 1.29 is 14.6 Å². The number of rotatable bonds is 5. The van der Waals surface area contributed by atoms with E-state index in [-0.39, 0.29) is 0 Å². The third kappa shape index (κ3) is 2.60. The standard InChI is InChI=1S/C18H19NO3/c1-3-19-13(11-16-17(19)5-4-6-18(16)20)12-22-15-9-7-14(21-2)8-10-15/h4-11,20H,3,12H2,1-2H3. The lowest BCUT2D eigenvalue weighted by atomic mass is 10.2. The fourth-order valence-electron chi connectivity index (χ4n) is 2.65. The molecule has 22 heavy (non-hydrogen) atoms. The van der Waals surface area contributed by atoms with Gasteiger partial charge >= 0.3 is 0 Å². The van der Waals surface area contributed by atoms with Gasteiger partial charge in [0.15, 0.2) is 0 Å². The number of aryl methyl sites for hydroxylation is 1. The molecule has 0 aliphatic carbocycles. The number of nitrogens with zero attached hydrogens (tertiary/aromatic N) is 1. The molecule has 0 saturated carbocycles. The molecule has 0 atom stereocenters. The molecular formula is C18H19NO3. The molecule has 1 aromatic heterocycles. The van der Waals surface area contributed by atoms with Crippen molar-refractivity contribution in [2.24, 2.45) is 0 Å². The van der Waals surface area contributed by atoms with E-state index in [0.29, 0.717) is 12.4 Å². The van der Waals surface area contributed by atoms with Gasteiger partial charge in [0.2, 0.25) is 0 Å². The second-order valence-corrected chi connectivity index (χ2v) is 5.05. The Bertz CT molecular complexity index is 775. The lowest BCUT2D eigenvalue weighted by Gasteiger charge is -2.10. The molecule has 0 aliphatic heterocycles. The maximum absolute atomic E-state index is 9.98. The van der Waals surface area contributed by atoms with Crippen molar-refractivity contribution in [3.05, 3.63) is 54.2 Å². The van der Waals surface area contributed by atoms with Gasteiger partial charge in [0, 0.05) is 11.9 Å². The first-order chi connectivity index (χ1) is 10.7. The molecule has 1 heterocycles. The van der Waals surface area contributed by atoms with Crippen LogP contribution in [0.5, 0.6) is 17.2 Å². The van der Waals surface area contributed by atoms with E-state index < -0.39 is 0 Å². The molecule has 0 unspecified atom stereocenters. The zero-order valence-corrected chi connectivity index (χ0v) is 12.7. The fraction of sp³-hybridized carbons (Fsp3) is 0.222. The molecule has 0 amide bonds. The number of hydrogen-bond acceptors (Lipinski definition) is 3. The summed E-state index contributed by atoms with van der Waals surface area (Å²) in [6.07, 6.45) is 0. The summed E-state index contributed by atoms with van der Waals surface area (Å²) in [7, 11) is 1.64. The SMILES string of the molecule is CCn1c(COc2ccc(OC)cc2)cc2c(O)cccc21. The van der Waals surface area contributed by atoms with E-state index in [0.717, 1.165) is 34.6 Å². The molecule has 2 aromatic carbocycles. The minimum absolute atomic E-state index is 0.301. The third-order valence-corrected chi connectivity index (χ3v) is 3.77. The van der Waals surface area contributed by atoms with Gasteiger partial charge in [-0.3, -0.25) is 0 Å². The Morgan fingerprint density at radius 2 is 1.77 bits per heavy atom. The van der Waals surface area contributed by atoms with Crippen LogP contribution in [0.2, 0.25) is 0 Å². The Balaban J connectivity index is 1.85. The van der Waals surface area contributed by atoms with Crippen LogP contribution in [0.25, 0.3) is 10.9 Å². The summed E-state index contributed by atoms with van der Waals surface area (Å²) >= 11 is 0. The number of phenolic OH excluding ortho intramolecular Hbond substituents is 1. The summed E-state index contributed by atoms with van der Waals surface area (Å²) < 4.78 is 13.1. The maximum atomic E-state index is 9.98. The third-order valence-electron chi connectivity index (χ3n) is 3.77. The molecule has 4 nitrogen and oxygen atoms in total. The second-order valence-electron chi connectivity index (χ2n) is 5.05. The molecule has 0 radical (unpaired) electrons. The lowest BCUT2D eigenvalue weighted by molar-refractivity contribution is 0.295. The van der Waals surface area contributed by atoms with Crippen LogP contribution >= 0.6 is 0 Å². The summed E-state index contributed by atoms with van der Waals surface area (Å²) in [5.41, 5.74) is 2.06. The molecule has 0 aliphatic rings. The molecule has 1 N–H and O–H groups in total. The number of benzene rings is 2. The lowest BCUT2D eigenvalue weighted by Crippen LogP contribution is -2.04. The fourth-order valence-corrected chi connectivity index (χ4v) is 2.65. The van der Waals surface area contributed by atoms with Crippen molar-refractivity contribution >= 4 is 10.9 Å². The zero-order chi connectivity index (χ0) is 15.5. The number of hydrogen-bond donors (Lipinski definition) is 1. The highest BCUT2D eigenvalue weighted by molar-refractivity contribution is 5.87. The van der Waals surface area contributed by atoms with Crippen molar-refractivity contribution in [3.8, 4) is 17.2 Å². The number of aromatic nitrogens is 1. The van der Waals surface area contributed by atoms with Crippen LogP contribution in [0, 0.1) is 0 Å². The number of methoxy groups -OCH3 is 1. The van der Waals surface area contributed by atoms with Crippen molar-refractivity contribution in [1.82, 2.24) is 4.57 Å². The van der Waals surface area contributed by atoms with Gasteiger partial charge in [-0.1, -0.05) is 6.07 Å². The van der Waals surface area contributed by atoms with Gasteiger partial charge in [0.05, 0.1) is 18.3 Å². The first-order valence-corrected chi connectivity index (χ1v) is 7.30. The summed E-state index contributed by atoms with van der Waals surface area (Å²) in [6, 6.07) is 15.1. The van der Waals surface area contributed by atoms with E-state index in [9.17, 15) is 5.11 Å². The van der Waals surface area contributed by atoms with Crippen molar-refractivity contribution in [2.75, 3.05) is 7.11 Å². The van der Waals surface area contributed by atoms with Crippen LogP contribution in [0.1, 0.15) is 12.6 Å². The minimum atomic E-state index is 0.301. The van der Waals surface area contributed by atoms with E-state index >= 15 is 0 Å². The largest absolute Gasteiger partial charge is 0.507 e. The highest BCUT2D eigenvalue weighted by Crippen LogP contribution is 2.28. The predicted octanol–water partition coefficient (Wildman–Crippen LogP) is 3.95. The van der Waals surface area contributed by atoms with Gasteiger partial charge < -0.3 is 19.1 Å². The molecule has 0 fully saturated rings. The average Bonchev–Trinajstić information content (AvgIpc) is 2.92. The van der Waals surface area contributed by atoms with E-state index in [1.54, 1.807) is 13.2 Å². The molecule has 3 aromatic rings. The average molecular weight is 297 g/mol. The van der Waals surface area contributed by atoms with Gasteiger partial charge in [-0.25, -0.2) is 0 Å². The van der Waals surface area contributed by atoms with E-state index in [1.807, 2.05) is 42.5 Å². The van der Waals surface area contributed by atoms with Crippen molar-refractivity contribution in [1.29, 1.82) is 0 Å². The summed E-state index contributed by atoms with van der Waals surface area (Å²) in [6.45, 7) is 3.36. The van der Waals surface area contributed by atoms with E-state index in [4.69, 9.17) is 9.47 Å². The topological polar surface area (TPSA) is 43.6 Å². The number of aromatic hydroxyl groups is 1. The predicted molar refractivity (Wildman–Crippen MR) is 86.6 cm³/mol. The van der Waals surface area contributed by atoms with Crippen molar-refractivity contribution in [2.45, 2.75) is 20.1 Å². The normalized spacial score (nSPS) is 10.8. The number of phenols is 1. The van der Waals surface area contributed by atoms with Gasteiger partial charge in [-0.2, -0.15) is 0 Å². The van der Waals surface area contributed by atoms with Gasteiger partial charge in [-0.15, -0.1) is 0 Å². The second kappa shape index (κ2) is 6.02. The zero-order valence-electron chi connectivity index (χ0n) is 12.7. The highest BCUT2D eigenvalue weighted by atomic mass is 16.5. The smallest absolute Gasteiger partial charge is 0.128 e. The van der Waals surface area contributed by atoms with Crippen LogP contribution in [-0.4, -0.2) is 16.8 Å². The number of fused-ring (bicyclic) bond motifs is 1. The monoisotopic (exact) mass is 297 g/mol. The molecule has 4 heteroatoms. The Hall–Kier alpha value is -2.62. The molecule has 0 bridgehead atoms. The summed E-state index contributed by atoms with van der Waals surface area (Å²) in [5.74, 6) is 1.90. The van der Waals surface area contributed by atoms with Crippen LogP contribution in [0.15, 0.2) is 48.5 Å². The molecule has 3 rings (SSSR count). The highest BCUT2D eigenvalue weighted by Gasteiger charge is 2.10. The Morgan fingerprint density at radius 3 is 2.45 bits per heavy atom. The van der Waals surface area contributed by atoms with Crippen LogP contribution < -0.4 is 9.47 Å². The van der Waals surface area contributed by atoms with Crippen LogP contribution in [0.3, 0.4) is 0 Å². The van der Waals surface area contributed by atoms with Gasteiger partial charge in [0.25, 0.3) is 0 Å². The minimum Gasteiger partial charge on any atom is -0.507 e. The first-order valence-electron chi connectivity index (χ1n) is 7.30. The molecular weight excluding hydrogens is 278 g/mol. The van der Waals surface area contributed by atoms with E-state index in [2.05, 4.69) is 11.5 Å². The molecule has 0 spiro atoms. The summed E-state index contributed by atoms with van der Waals surface area (Å²) in [4.78, 5) is 0. The number of ether oxygens (including phenoxy) is 2. The quantitative estimate of drug-likeness (QED) is 0.775. The Labute approximate surface area is 129 Å². The van der Waals surface area contributed by atoms with Crippen molar-refractivity contribution in [3.63, 3.8) is 0 Å². The van der Waals surface area contributed by atoms with E-state index in [1.165, 1.54) is 0 Å². The first kappa shape index (κ1) is 14.3. The van der Waals surface area contributed by atoms with Crippen LogP contribution in [-0.2, 0) is 13.2 Å². The summed E-state index contributed by atoms with van der Waals surface area (Å²) in [5, 5.41) is 10.8. The molecule has 114 valence electrons. The van der Waals surface area contributed by atoms with Crippen LogP contribution in [0.4, 0.5) is 0 Å². The van der Waals surface area contributed by atoms with Gasteiger partial charge in [0.1, 0.15) is 23.9 Å². The Kier molecular flexibility index (Phi) is 3.92. The molecule has 0 saturated heterocycles.